The van der Waals surface area contributed by atoms with Crippen molar-refractivity contribution in [3.05, 3.63) is 48.0 Å². The number of para-hydroxylation sites is 1. The van der Waals surface area contributed by atoms with Gasteiger partial charge in [0, 0.05) is 10.8 Å². The van der Waals surface area contributed by atoms with Gasteiger partial charge in [-0.15, -0.1) is 0 Å². The summed E-state index contributed by atoms with van der Waals surface area (Å²) in [6.07, 6.45) is 0. The highest BCUT2D eigenvalue weighted by atomic mass is 16.3. The zero-order valence-electron chi connectivity index (χ0n) is 9.42. The molecule has 0 radical (unpaired) electrons. The summed E-state index contributed by atoms with van der Waals surface area (Å²) in [5.41, 5.74) is 6.79. The van der Waals surface area contributed by atoms with Crippen LogP contribution in [0.15, 0.2) is 42.5 Å². The van der Waals surface area contributed by atoms with Crippen molar-refractivity contribution in [2.24, 2.45) is 5.73 Å². The number of aromatic hydroxyl groups is 1. The summed E-state index contributed by atoms with van der Waals surface area (Å²) in [7, 11) is 0. The van der Waals surface area contributed by atoms with Gasteiger partial charge in [0.2, 0.25) is 0 Å². The molecule has 1 aromatic heterocycles. The first-order chi connectivity index (χ1) is 8.66. The maximum atomic E-state index is 11.2. The van der Waals surface area contributed by atoms with Gasteiger partial charge in [-0.25, -0.2) is 4.98 Å². The van der Waals surface area contributed by atoms with E-state index in [-0.39, 0.29) is 11.3 Å². The maximum Gasteiger partial charge on any atom is 0.252 e. The zero-order chi connectivity index (χ0) is 12.7. The van der Waals surface area contributed by atoms with E-state index in [1.165, 1.54) is 6.07 Å². The Bertz CT molecular complexity index is 781. The molecule has 3 aromatic rings. The number of benzene rings is 2. The number of hydrogen-bond acceptors (Lipinski definition) is 3. The number of nitrogens with two attached hydrogens (primary N) is 1. The normalized spacial score (nSPS) is 10.9. The predicted molar refractivity (Wildman–Crippen MR) is 69.4 cm³/mol. The molecule has 0 unspecified atom stereocenters. The SMILES string of the molecule is NC(=O)c1ccc2nc3ccccc3cc2c1O. The van der Waals surface area contributed by atoms with Gasteiger partial charge in [0.1, 0.15) is 5.75 Å². The first-order valence-electron chi connectivity index (χ1n) is 5.48. The lowest BCUT2D eigenvalue weighted by Gasteiger charge is -2.06. The molecule has 0 bridgehead atoms. The molecule has 88 valence electrons. The molecule has 4 heteroatoms. The van der Waals surface area contributed by atoms with E-state index < -0.39 is 5.91 Å². The molecule has 0 saturated carbocycles. The number of pyridine rings is 1. The van der Waals surface area contributed by atoms with Crippen LogP contribution in [-0.4, -0.2) is 16.0 Å². The molecular formula is C14H10N2O2. The van der Waals surface area contributed by atoms with Crippen LogP contribution in [0.1, 0.15) is 10.4 Å². The van der Waals surface area contributed by atoms with E-state index in [9.17, 15) is 9.90 Å². The van der Waals surface area contributed by atoms with E-state index in [2.05, 4.69) is 4.98 Å². The van der Waals surface area contributed by atoms with E-state index in [1.807, 2.05) is 24.3 Å². The number of fused-ring (bicyclic) bond motifs is 2. The summed E-state index contributed by atoms with van der Waals surface area (Å²) >= 11 is 0. The van der Waals surface area contributed by atoms with Crippen LogP contribution in [0.2, 0.25) is 0 Å². The molecule has 4 nitrogen and oxygen atoms in total. The third-order valence-electron chi connectivity index (χ3n) is 2.94. The maximum absolute atomic E-state index is 11.2. The number of phenols is 1. The highest BCUT2D eigenvalue weighted by Gasteiger charge is 2.12. The van der Waals surface area contributed by atoms with E-state index in [0.29, 0.717) is 10.9 Å². The summed E-state index contributed by atoms with van der Waals surface area (Å²) in [4.78, 5) is 15.6. The van der Waals surface area contributed by atoms with Crippen molar-refractivity contribution in [3.63, 3.8) is 0 Å². The lowest BCUT2D eigenvalue weighted by molar-refractivity contribution is 0.0998. The van der Waals surface area contributed by atoms with E-state index in [4.69, 9.17) is 5.73 Å². The average molecular weight is 238 g/mol. The number of aromatic nitrogens is 1. The minimum atomic E-state index is -0.650. The quantitative estimate of drug-likeness (QED) is 0.638. The van der Waals surface area contributed by atoms with Crippen molar-refractivity contribution in [1.29, 1.82) is 0 Å². The van der Waals surface area contributed by atoms with Gasteiger partial charge in [0.25, 0.3) is 5.91 Å². The van der Waals surface area contributed by atoms with Crippen LogP contribution in [0.4, 0.5) is 0 Å². The molecule has 0 atom stereocenters. The molecule has 3 N–H and O–H groups in total. The molecule has 18 heavy (non-hydrogen) atoms. The van der Waals surface area contributed by atoms with Crippen molar-refractivity contribution < 1.29 is 9.90 Å². The average Bonchev–Trinajstić information content (AvgIpc) is 2.37. The molecule has 0 spiro atoms. The molecule has 0 fully saturated rings. The molecule has 3 rings (SSSR count). The summed E-state index contributed by atoms with van der Waals surface area (Å²) in [5.74, 6) is -0.763. The Morgan fingerprint density at radius 2 is 1.89 bits per heavy atom. The second-order valence-corrected chi connectivity index (χ2v) is 4.07. The summed E-state index contributed by atoms with van der Waals surface area (Å²) in [6.45, 7) is 0. The lowest BCUT2D eigenvalue weighted by Crippen LogP contribution is -2.11. The molecule has 0 aliphatic carbocycles. The molecule has 1 amide bonds. The van der Waals surface area contributed by atoms with Crippen molar-refractivity contribution in [3.8, 4) is 5.75 Å². The topological polar surface area (TPSA) is 76.2 Å². The summed E-state index contributed by atoms with van der Waals surface area (Å²) in [5, 5.41) is 11.5. The number of primary amides is 1. The fourth-order valence-electron chi connectivity index (χ4n) is 2.03. The van der Waals surface area contributed by atoms with Crippen molar-refractivity contribution in [2.75, 3.05) is 0 Å². The van der Waals surface area contributed by atoms with E-state index in [0.717, 1.165) is 10.9 Å². The van der Waals surface area contributed by atoms with Gasteiger partial charge in [-0.05, 0) is 24.3 Å². The van der Waals surface area contributed by atoms with Crippen LogP contribution in [0.3, 0.4) is 0 Å². The summed E-state index contributed by atoms with van der Waals surface area (Å²) < 4.78 is 0. The number of rotatable bonds is 1. The van der Waals surface area contributed by atoms with Crippen LogP contribution in [0.25, 0.3) is 21.8 Å². The summed E-state index contributed by atoms with van der Waals surface area (Å²) in [6, 6.07) is 12.6. The molecule has 0 aliphatic rings. The van der Waals surface area contributed by atoms with Crippen LogP contribution >= 0.6 is 0 Å². The molecule has 1 heterocycles. The second kappa shape index (κ2) is 3.70. The van der Waals surface area contributed by atoms with Crippen molar-refractivity contribution in [2.45, 2.75) is 0 Å². The molecule has 0 aliphatic heterocycles. The Balaban J connectivity index is 2.44. The van der Waals surface area contributed by atoms with Crippen LogP contribution < -0.4 is 5.73 Å². The number of hydrogen-bond donors (Lipinski definition) is 2. The third-order valence-corrected chi connectivity index (χ3v) is 2.94. The van der Waals surface area contributed by atoms with Crippen molar-refractivity contribution in [1.82, 2.24) is 4.98 Å². The van der Waals surface area contributed by atoms with Crippen LogP contribution in [0.5, 0.6) is 5.75 Å². The van der Waals surface area contributed by atoms with Crippen molar-refractivity contribution >= 4 is 27.7 Å². The third kappa shape index (κ3) is 1.47. The first-order valence-corrected chi connectivity index (χ1v) is 5.48. The minimum absolute atomic E-state index is 0.111. The van der Waals surface area contributed by atoms with Crippen LogP contribution in [0, 0.1) is 0 Å². The second-order valence-electron chi connectivity index (χ2n) is 4.07. The standard InChI is InChI=1S/C14H10N2O2/c15-14(18)9-5-6-12-10(13(9)17)7-8-3-1-2-4-11(8)16-12/h1-7,17H,(H2,15,18). The van der Waals surface area contributed by atoms with Gasteiger partial charge in [0.15, 0.2) is 0 Å². The fourth-order valence-corrected chi connectivity index (χ4v) is 2.03. The lowest BCUT2D eigenvalue weighted by atomic mass is 10.1. The largest absolute Gasteiger partial charge is 0.506 e. The molecule has 0 saturated heterocycles. The Hall–Kier alpha value is -2.62. The highest BCUT2D eigenvalue weighted by Crippen LogP contribution is 2.29. The molecule has 2 aromatic carbocycles. The Labute approximate surface area is 103 Å². The van der Waals surface area contributed by atoms with Gasteiger partial charge in [-0.1, -0.05) is 18.2 Å². The molecular weight excluding hydrogens is 228 g/mol. The van der Waals surface area contributed by atoms with E-state index >= 15 is 0 Å². The Morgan fingerprint density at radius 1 is 1.11 bits per heavy atom. The van der Waals surface area contributed by atoms with Gasteiger partial charge < -0.3 is 10.8 Å². The minimum Gasteiger partial charge on any atom is -0.506 e. The first kappa shape index (κ1) is 10.5. The smallest absolute Gasteiger partial charge is 0.252 e. The highest BCUT2D eigenvalue weighted by molar-refractivity contribution is 6.04. The van der Waals surface area contributed by atoms with Gasteiger partial charge in [-0.3, -0.25) is 4.79 Å². The monoisotopic (exact) mass is 238 g/mol. The van der Waals surface area contributed by atoms with E-state index in [1.54, 1.807) is 12.1 Å². The zero-order valence-corrected chi connectivity index (χ0v) is 9.42. The number of nitrogens with zero attached hydrogens (tertiary/aromatic N) is 1. The fraction of sp³-hybridized carbons (Fsp3) is 0. The van der Waals surface area contributed by atoms with Gasteiger partial charge >= 0.3 is 0 Å². The van der Waals surface area contributed by atoms with Crippen LogP contribution in [-0.2, 0) is 0 Å². The number of carbonyl (C=O) groups is 1. The predicted octanol–water partition coefficient (Wildman–Crippen LogP) is 2.19. The number of amides is 1. The Morgan fingerprint density at radius 3 is 2.67 bits per heavy atom. The number of carbonyl (C=O) groups excluding carboxylic acids is 1. The Kier molecular flexibility index (Phi) is 2.16. The van der Waals surface area contributed by atoms with Gasteiger partial charge in [0.05, 0.1) is 16.6 Å². The van der Waals surface area contributed by atoms with Gasteiger partial charge in [-0.2, -0.15) is 0 Å².